The topological polar surface area (TPSA) is 72.1 Å². The first-order chi connectivity index (χ1) is 15.2. The molecule has 8 heteroatoms. The maximum absolute atomic E-state index is 13.5. The lowest BCUT2D eigenvalue weighted by Crippen LogP contribution is -2.31. The minimum atomic E-state index is -0.297. The highest BCUT2D eigenvalue weighted by Crippen LogP contribution is 2.32. The van der Waals surface area contributed by atoms with Crippen LogP contribution in [0.15, 0.2) is 88.0 Å². The number of carbonyl (C=O) groups excluding carboxylic acids is 1. The summed E-state index contributed by atoms with van der Waals surface area (Å²) < 4.78 is 7.39. The fourth-order valence-corrected chi connectivity index (χ4v) is 4.65. The third kappa shape index (κ3) is 4.12. The highest BCUT2D eigenvalue weighted by molar-refractivity contribution is 9.10. The SMILES string of the molecule is O=C(c1cc(-c2ccccc2)on1)N(Cc1ccccn1)c1nc2ccc(Br)cc2s1. The molecule has 0 unspecified atom stereocenters. The molecule has 0 aliphatic heterocycles. The van der Waals surface area contributed by atoms with Gasteiger partial charge >= 0.3 is 0 Å². The minimum Gasteiger partial charge on any atom is -0.355 e. The summed E-state index contributed by atoms with van der Waals surface area (Å²) in [7, 11) is 0. The van der Waals surface area contributed by atoms with Crippen LogP contribution in [0.25, 0.3) is 21.5 Å². The molecule has 0 aliphatic carbocycles. The van der Waals surface area contributed by atoms with Gasteiger partial charge in [-0.2, -0.15) is 0 Å². The number of benzene rings is 2. The number of fused-ring (bicyclic) bond motifs is 1. The second kappa shape index (κ2) is 8.41. The number of aromatic nitrogens is 3. The molecule has 31 heavy (non-hydrogen) atoms. The van der Waals surface area contributed by atoms with Crippen molar-refractivity contribution in [1.29, 1.82) is 0 Å². The second-order valence-corrected chi connectivity index (χ2v) is 8.69. The van der Waals surface area contributed by atoms with Crippen molar-refractivity contribution in [1.82, 2.24) is 15.1 Å². The molecule has 0 fully saturated rings. The molecule has 2 aromatic carbocycles. The molecule has 152 valence electrons. The predicted molar refractivity (Wildman–Crippen MR) is 124 cm³/mol. The maximum atomic E-state index is 13.5. The monoisotopic (exact) mass is 490 g/mol. The molecule has 0 radical (unpaired) electrons. The quantitative estimate of drug-likeness (QED) is 0.304. The van der Waals surface area contributed by atoms with E-state index in [-0.39, 0.29) is 18.1 Å². The number of carbonyl (C=O) groups is 1. The summed E-state index contributed by atoms with van der Waals surface area (Å²) in [4.78, 5) is 24.1. The summed E-state index contributed by atoms with van der Waals surface area (Å²) in [6.07, 6.45) is 1.71. The molecular formula is C23H15BrN4O2S. The number of anilines is 1. The Kier molecular flexibility index (Phi) is 5.31. The Balaban J connectivity index is 1.53. The molecule has 0 saturated heterocycles. The van der Waals surface area contributed by atoms with Gasteiger partial charge in [-0.25, -0.2) is 4.98 Å². The van der Waals surface area contributed by atoms with Gasteiger partial charge in [0.15, 0.2) is 16.6 Å². The molecule has 6 nitrogen and oxygen atoms in total. The Morgan fingerprint density at radius 1 is 1.03 bits per heavy atom. The van der Waals surface area contributed by atoms with Gasteiger partial charge in [0.2, 0.25) is 0 Å². The van der Waals surface area contributed by atoms with Crippen LogP contribution in [0.2, 0.25) is 0 Å². The molecule has 5 rings (SSSR count). The third-order valence-corrected chi connectivity index (χ3v) is 6.18. The molecule has 0 aliphatic rings. The molecule has 0 bridgehead atoms. The average molecular weight is 491 g/mol. The molecular weight excluding hydrogens is 476 g/mol. The van der Waals surface area contributed by atoms with Crippen molar-refractivity contribution in [3.63, 3.8) is 0 Å². The summed E-state index contributed by atoms with van der Waals surface area (Å²) in [6, 6.07) is 22.7. The zero-order valence-corrected chi connectivity index (χ0v) is 18.5. The summed E-state index contributed by atoms with van der Waals surface area (Å²) >= 11 is 4.93. The van der Waals surface area contributed by atoms with Crippen LogP contribution < -0.4 is 4.90 Å². The number of thiazole rings is 1. The van der Waals surface area contributed by atoms with E-state index in [0.717, 1.165) is 25.9 Å². The van der Waals surface area contributed by atoms with Crippen molar-refractivity contribution >= 4 is 48.5 Å². The van der Waals surface area contributed by atoms with Gasteiger partial charge in [-0.3, -0.25) is 14.7 Å². The lowest BCUT2D eigenvalue weighted by molar-refractivity contribution is 0.0976. The summed E-state index contributed by atoms with van der Waals surface area (Å²) in [6.45, 7) is 0.272. The number of hydrogen-bond donors (Lipinski definition) is 0. The molecule has 3 heterocycles. The zero-order valence-electron chi connectivity index (χ0n) is 16.1. The van der Waals surface area contributed by atoms with E-state index in [9.17, 15) is 4.79 Å². The van der Waals surface area contributed by atoms with Crippen molar-refractivity contribution in [2.45, 2.75) is 6.54 Å². The van der Waals surface area contributed by atoms with Crippen LogP contribution in [0.4, 0.5) is 5.13 Å². The zero-order chi connectivity index (χ0) is 21.2. The highest BCUT2D eigenvalue weighted by atomic mass is 79.9. The third-order valence-electron chi connectivity index (χ3n) is 4.65. The van der Waals surface area contributed by atoms with E-state index in [2.05, 4.69) is 31.1 Å². The predicted octanol–water partition coefficient (Wildman–Crippen LogP) is 5.96. The van der Waals surface area contributed by atoms with E-state index in [4.69, 9.17) is 4.52 Å². The van der Waals surface area contributed by atoms with Gasteiger partial charge in [-0.15, -0.1) is 0 Å². The van der Waals surface area contributed by atoms with Crippen LogP contribution in [-0.4, -0.2) is 21.0 Å². The first kappa shape index (κ1) is 19.6. The Morgan fingerprint density at radius 2 is 1.87 bits per heavy atom. The van der Waals surface area contributed by atoms with Crippen LogP contribution >= 0.6 is 27.3 Å². The van der Waals surface area contributed by atoms with Crippen LogP contribution in [0.1, 0.15) is 16.2 Å². The van der Waals surface area contributed by atoms with Crippen molar-refractivity contribution in [2.24, 2.45) is 0 Å². The lowest BCUT2D eigenvalue weighted by Gasteiger charge is -2.18. The highest BCUT2D eigenvalue weighted by Gasteiger charge is 2.25. The molecule has 1 amide bonds. The average Bonchev–Trinajstić information content (AvgIpc) is 3.45. The summed E-state index contributed by atoms with van der Waals surface area (Å²) in [5, 5.41) is 4.61. The van der Waals surface area contributed by atoms with Gasteiger partial charge in [0.25, 0.3) is 5.91 Å². The van der Waals surface area contributed by atoms with E-state index in [1.54, 1.807) is 17.2 Å². The van der Waals surface area contributed by atoms with E-state index in [0.29, 0.717) is 10.9 Å². The summed E-state index contributed by atoms with van der Waals surface area (Å²) in [5.74, 6) is 0.240. The van der Waals surface area contributed by atoms with Crippen molar-refractivity contribution in [2.75, 3.05) is 4.90 Å². The number of pyridine rings is 1. The standard InChI is InChI=1S/C23H15BrN4O2S/c24-16-9-10-18-21(12-16)31-23(26-18)28(14-17-8-4-5-11-25-17)22(29)19-13-20(30-27-19)15-6-2-1-3-7-15/h1-13H,14H2. The maximum Gasteiger partial charge on any atom is 0.282 e. The molecule has 0 spiro atoms. The van der Waals surface area contributed by atoms with Gasteiger partial charge < -0.3 is 4.52 Å². The van der Waals surface area contributed by atoms with Gasteiger partial charge in [-0.1, -0.05) is 68.8 Å². The van der Waals surface area contributed by atoms with Crippen LogP contribution in [0.3, 0.4) is 0 Å². The van der Waals surface area contributed by atoms with E-state index >= 15 is 0 Å². The smallest absolute Gasteiger partial charge is 0.282 e. The first-order valence-electron chi connectivity index (χ1n) is 9.47. The van der Waals surface area contributed by atoms with Gasteiger partial charge in [0.05, 0.1) is 22.5 Å². The number of nitrogens with zero attached hydrogens (tertiary/aromatic N) is 4. The Hall–Kier alpha value is -3.36. The Morgan fingerprint density at radius 3 is 2.68 bits per heavy atom. The number of halogens is 1. The van der Waals surface area contributed by atoms with Gasteiger partial charge in [0, 0.05) is 22.3 Å². The van der Waals surface area contributed by atoms with Gasteiger partial charge in [-0.05, 0) is 30.3 Å². The van der Waals surface area contributed by atoms with Gasteiger partial charge in [0.1, 0.15) is 0 Å². The molecule has 0 N–H and O–H groups in total. The molecule has 0 saturated carbocycles. The molecule has 5 aromatic rings. The number of amides is 1. The first-order valence-corrected chi connectivity index (χ1v) is 11.1. The lowest BCUT2D eigenvalue weighted by atomic mass is 10.1. The van der Waals surface area contributed by atoms with Crippen molar-refractivity contribution in [3.8, 4) is 11.3 Å². The van der Waals surface area contributed by atoms with Crippen LogP contribution in [0.5, 0.6) is 0 Å². The number of hydrogen-bond acceptors (Lipinski definition) is 6. The molecule has 0 atom stereocenters. The normalized spacial score (nSPS) is 11.0. The van der Waals surface area contributed by atoms with E-state index < -0.39 is 0 Å². The Bertz CT molecular complexity index is 1350. The fourth-order valence-electron chi connectivity index (χ4n) is 3.13. The second-order valence-electron chi connectivity index (χ2n) is 6.76. The molecule has 3 aromatic heterocycles. The largest absolute Gasteiger partial charge is 0.355 e. The number of rotatable bonds is 5. The summed E-state index contributed by atoms with van der Waals surface area (Å²) in [5.41, 5.74) is 2.65. The van der Waals surface area contributed by atoms with Crippen molar-refractivity contribution in [3.05, 3.63) is 94.9 Å². The van der Waals surface area contributed by atoms with Crippen LogP contribution in [0, 0.1) is 0 Å². The van der Waals surface area contributed by atoms with Crippen molar-refractivity contribution < 1.29 is 9.32 Å². The van der Waals surface area contributed by atoms with Crippen LogP contribution in [-0.2, 0) is 6.54 Å². The van der Waals surface area contributed by atoms with E-state index in [1.807, 2.05) is 66.7 Å². The Labute approximate surface area is 190 Å². The fraction of sp³-hybridized carbons (Fsp3) is 0.0435. The van der Waals surface area contributed by atoms with E-state index in [1.165, 1.54) is 11.3 Å². The minimum absolute atomic E-state index is 0.218.